The molecule has 0 aliphatic carbocycles. The van der Waals surface area contributed by atoms with Crippen LogP contribution in [0.25, 0.3) is 0 Å². The standard InChI is InChI=1S/C12H14O4/c1-15-11-8(10-6-3-7-16-10)4-2-5-9(11)12(13)14/h2,4-5,10H,3,6-7H2,1H3,(H,13,14). The van der Waals surface area contributed by atoms with Gasteiger partial charge in [0.05, 0.1) is 13.2 Å². The largest absolute Gasteiger partial charge is 0.495 e. The van der Waals surface area contributed by atoms with Gasteiger partial charge in [-0.25, -0.2) is 4.79 Å². The molecule has 16 heavy (non-hydrogen) atoms. The highest BCUT2D eigenvalue weighted by molar-refractivity contribution is 5.91. The maximum Gasteiger partial charge on any atom is 0.339 e. The van der Waals surface area contributed by atoms with Gasteiger partial charge in [0.2, 0.25) is 0 Å². The van der Waals surface area contributed by atoms with E-state index in [9.17, 15) is 4.79 Å². The minimum atomic E-state index is -0.975. The Labute approximate surface area is 93.8 Å². The molecule has 86 valence electrons. The van der Waals surface area contributed by atoms with Crippen LogP contribution in [0.15, 0.2) is 18.2 Å². The Kier molecular flexibility index (Phi) is 3.10. The molecule has 1 N–H and O–H groups in total. The number of carboxylic acids is 1. The van der Waals surface area contributed by atoms with E-state index in [-0.39, 0.29) is 11.7 Å². The van der Waals surface area contributed by atoms with E-state index in [2.05, 4.69) is 0 Å². The minimum absolute atomic E-state index is 0.0331. The van der Waals surface area contributed by atoms with Crippen LogP contribution in [0.1, 0.15) is 34.9 Å². The van der Waals surface area contributed by atoms with Gasteiger partial charge in [-0.05, 0) is 18.9 Å². The summed E-state index contributed by atoms with van der Waals surface area (Å²) in [6, 6.07) is 5.13. The predicted molar refractivity (Wildman–Crippen MR) is 57.9 cm³/mol. The molecule has 1 aromatic rings. The Morgan fingerprint density at radius 1 is 1.56 bits per heavy atom. The lowest BCUT2D eigenvalue weighted by Gasteiger charge is -2.15. The number of rotatable bonds is 3. The maximum atomic E-state index is 11.0. The number of hydrogen-bond acceptors (Lipinski definition) is 3. The number of hydrogen-bond donors (Lipinski definition) is 1. The van der Waals surface area contributed by atoms with E-state index < -0.39 is 5.97 Å². The third kappa shape index (κ3) is 1.88. The first-order chi connectivity index (χ1) is 7.74. The molecule has 0 bridgehead atoms. The highest BCUT2D eigenvalue weighted by Crippen LogP contribution is 2.36. The molecule has 0 spiro atoms. The molecule has 0 radical (unpaired) electrons. The van der Waals surface area contributed by atoms with Crippen molar-refractivity contribution in [2.45, 2.75) is 18.9 Å². The van der Waals surface area contributed by atoms with Gasteiger partial charge in [0, 0.05) is 12.2 Å². The van der Waals surface area contributed by atoms with Crippen LogP contribution in [-0.4, -0.2) is 24.8 Å². The summed E-state index contributed by atoms with van der Waals surface area (Å²) in [4.78, 5) is 11.0. The number of benzene rings is 1. The smallest absolute Gasteiger partial charge is 0.339 e. The van der Waals surface area contributed by atoms with Crippen molar-refractivity contribution in [3.63, 3.8) is 0 Å². The zero-order valence-electron chi connectivity index (χ0n) is 9.10. The molecular weight excluding hydrogens is 208 g/mol. The number of carbonyl (C=O) groups is 1. The van der Waals surface area contributed by atoms with Crippen LogP contribution in [0, 0.1) is 0 Å². The molecule has 1 saturated heterocycles. The number of ether oxygens (including phenoxy) is 2. The monoisotopic (exact) mass is 222 g/mol. The van der Waals surface area contributed by atoms with Crippen molar-refractivity contribution in [2.24, 2.45) is 0 Å². The third-order valence-corrected chi connectivity index (χ3v) is 2.76. The van der Waals surface area contributed by atoms with Crippen LogP contribution < -0.4 is 4.74 Å². The summed E-state index contributed by atoms with van der Waals surface area (Å²) in [5.74, 6) is -0.557. The van der Waals surface area contributed by atoms with E-state index in [4.69, 9.17) is 14.6 Å². The second-order valence-electron chi connectivity index (χ2n) is 3.73. The average molecular weight is 222 g/mol. The first-order valence-corrected chi connectivity index (χ1v) is 5.26. The molecule has 4 heteroatoms. The zero-order chi connectivity index (χ0) is 11.5. The van der Waals surface area contributed by atoms with E-state index in [0.717, 1.165) is 25.0 Å². The molecular formula is C12H14O4. The van der Waals surface area contributed by atoms with E-state index in [0.29, 0.717) is 5.75 Å². The van der Waals surface area contributed by atoms with E-state index >= 15 is 0 Å². The molecule has 1 atom stereocenters. The molecule has 4 nitrogen and oxygen atoms in total. The quantitative estimate of drug-likeness (QED) is 0.852. The Morgan fingerprint density at radius 3 is 2.94 bits per heavy atom. The van der Waals surface area contributed by atoms with Gasteiger partial charge < -0.3 is 14.6 Å². The molecule has 0 aromatic heterocycles. The Hall–Kier alpha value is -1.55. The lowest BCUT2D eigenvalue weighted by Crippen LogP contribution is -2.06. The van der Waals surface area contributed by atoms with Gasteiger partial charge in [0.15, 0.2) is 0 Å². The van der Waals surface area contributed by atoms with Gasteiger partial charge in [-0.2, -0.15) is 0 Å². The summed E-state index contributed by atoms with van der Waals surface area (Å²) < 4.78 is 10.7. The summed E-state index contributed by atoms with van der Waals surface area (Å²) in [5.41, 5.74) is 1.02. The van der Waals surface area contributed by atoms with Gasteiger partial charge in [0.1, 0.15) is 11.3 Å². The average Bonchev–Trinajstić information content (AvgIpc) is 2.81. The van der Waals surface area contributed by atoms with Crippen LogP contribution in [-0.2, 0) is 4.74 Å². The highest BCUT2D eigenvalue weighted by Gasteiger charge is 2.24. The fraction of sp³-hybridized carbons (Fsp3) is 0.417. The second kappa shape index (κ2) is 4.53. The first kappa shape index (κ1) is 11.0. The molecule has 1 aromatic carbocycles. The molecule has 0 saturated carbocycles. The molecule has 1 fully saturated rings. The number of para-hydroxylation sites is 1. The van der Waals surface area contributed by atoms with E-state index in [1.54, 1.807) is 12.1 Å². The fourth-order valence-electron chi connectivity index (χ4n) is 2.03. The number of aromatic carboxylic acids is 1. The summed E-state index contributed by atoms with van der Waals surface area (Å²) >= 11 is 0. The lowest BCUT2D eigenvalue weighted by molar-refractivity contribution is 0.0691. The normalized spacial score (nSPS) is 19.7. The van der Waals surface area contributed by atoms with E-state index in [1.165, 1.54) is 7.11 Å². The Morgan fingerprint density at radius 2 is 2.38 bits per heavy atom. The lowest BCUT2D eigenvalue weighted by atomic mass is 10.0. The Bertz CT molecular complexity index is 394. The van der Waals surface area contributed by atoms with Gasteiger partial charge in [-0.3, -0.25) is 0 Å². The van der Waals surface area contributed by atoms with Crippen LogP contribution in [0.5, 0.6) is 5.75 Å². The van der Waals surface area contributed by atoms with Crippen molar-refractivity contribution in [1.82, 2.24) is 0 Å². The molecule has 1 heterocycles. The van der Waals surface area contributed by atoms with Crippen molar-refractivity contribution >= 4 is 5.97 Å². The van der Waals surface area contributed by atoms with Gasteiger partial charge in [0.25, 0.3) is 0 Å². The highest BCUT2D eigenvalue weighted by atomic mass is 16.5. The SMILES string of the molecule is COc1c(C(=O)O)cccc1C1CCCO1. The Balaban J connectivity index is 2.43. The van der Waals surface area contributed by atoms with Gasteiger partial charge in [-0.15, -0.1) is 0 Å². The van der Waals surface area contributed by atoms with Crippen LogP contribution in [0.3, 0.4) is 0 Å². The minimum Gasteiger partial charge on any atom is -0.495 e. The third-order valence-electron chi connectivity index (χ3n) is 2.76. The van der Waals surface area contributed by atoms with Crippen molar-refractivity contribution in [3.05, 3.63) is 29.3 Å². The fourth-order valence-corrected chi connectivity index (χ4v) is 2.03. The number of methoxy groups -OCH3 is 1. The van der Waals surface area contributed by atoms with Gasteiger partial charge >= 0.3 is 5.97 Å². The summed E-state index contributed by atoms with van der Waals surface area (Å²) in [6.07, 6.45) is 1.89. The topological polar surface area (TPSA) is 55.8 Å². The van der Waals surface area contributed by atoms with Crippen LogP contribution in [0.2, 0.25) is 0 Å². The molecule has 1 aliphatic rings. The van der Waals surface area contributed by atoms with Crippen molar-refractivity contribution in [1.29, 1.82) is 0 Å². The van der Waals surface area contributed by atoms with E-state index in [1.807, 2.05) is 6.07 Å². The second-order valence-corrected chi connectivity index (χ2v) is 3.73. The summed E-state index contributed by atoms with van der Waals surface area (Å²) in [6.45, 7) is 0.727. The maximum absolute atomic E-state index is 11.0. The van der Waals surface area contributed by atoms with Crippen molar-refractivity contribution in [2.75, 3.05) is 13.7 Å². The molecule has 1 unspecified atom stereocenters. The summed E-state index contributed by atoms with van der Waals surface area (Å²) in [7, 11) is 1.49. The first-order valence-electron chi connectivity index (χ1n) is 5.26. The van der Waals surface area contributed by atoms with Crippen molar-refractivity contribution in [3.8, 4) is 5.75 Å². The zero-order valence-corrected chi connectivity index (χ0v) is 9.10. The van der Waals surface area contributed by atoms with Crippen LogP contribution >= 0.6 is 0 Å². The molecule has 0 amide bonds. The predicted octanol–water partition coefficient (Wildman–Crippen LogP) is 2.24. The van der Waals surface area contributed by atoms with Crippen molar-refractivity contribution < 1.29 is 19.4 Å². The molecule has 2 rings (SSSR count). The van der Waals surface area contributed by atoms with Crippen LogP contribution in [0.4, 0.5) is 0 Å². The van der Waals surface area contributed by atoms with Gasteiger partial charge in [-0.1, -0.05) is 12.1 Å². The number of carboxylic acid groups (broad SMARTS) is 1. The summed E-state index contributed by atoms with van der Waals surface area (Å²) in [5, 5.41) is 9.04. The molecule has 1 aliphatic heterocycles.